The average Bonchev–Trinajstić information content (AvgIpc) is 2.61. The summed E-state index contributed by atoms with van der Waals surface area (Å²) in [6.07, 6.45) is 2.69. The zero-order valence-electron chi connectivity index (χ0n) is 13.9. The first kappa shape index (κ1) is 18.7. The van der Waals surface area contributed by atoms with E-state index in [1.807, 2.05) is 6.26 Å². The molecule has 2 rings (SSSR count). The van der Waals surface area contributed by atoms with E-state index in [0.29, 0.717) is 38.2 Å². The fourth-order valence-electron chi connectivity index (χ4n) is 2.70. The van der Waals surface area contributed by atoms with Gasteiger partial charge in [0.1, 0.15) is 5.82 Å². The molecule has 1 heterocycles. The average molecular weight is 353 g/mol. The van der Waals surface area contributed by atoms with Gasteiger partial charge in [0.2, 0.25) is 11.8 Å². The smallest absolute Gasteiger partial charge is 0.239 e. The lowest BCUT2D eigenvalue weighted by Gasteiger charge is -2.36. The van der Waals surface area contributed by atoms with Gasteiger partial charge in [-0.15, -0.1) is 0 Å². The van der Waals surface area contributed by atoms with Gasteiger partial charge >= 0.3 is 0 Å². The van der Waals surface area contributed by atoms with Gasteiger partial charge in [0.25, 0.3) is 0 Å². The molecule has 5 nitrogen and oxygen atoms in total. The number of amides is 2. The van der Waals surface area contributed by atoms with Crippen LogP contribution in [0, 0.1) is 5.82 Å². The Balaban J connectivity index is 1.83. The highest BCUT2D eigenvalue weighted by molar-refractivity contribution is 7.98. The molecule has 24 heavy (non-hydrogen) atoms. The number of piperazine rings is 1. The summed E-state index contributed by atoms with van der Waals surface area (Å²) >= 11 is 1.67. The molecule has 0 aromatic heterocycles. The first-order valence-electron chi connectivity index (χ1n) is 8.07. The predicted octanol–water partition coefficient (Wildman–Crippen LogP) is 1.12. The van der Waals surface area contributed by atoms with Crippen molar-refractivity contribution in [3.05, 3.63) is 35.6 Å². The van der Waals surface area contributed by atoms with Gasteiger partial charge < -0.3 is 15.5 Å². The van der Waals surface area contributed by atoms with Gasteiger partial charge in [-0.05, 0) is 30.1 Å². The number of carbonyl (C=O) groups excluding carboxylic acids is 2. The third kappa shape index (κ3) is 4.95. The molecule has 0 saturated carbocycles. The Hall–Kier alpha value is -1.60. The largest absolute Gasteiger partial charge is 0.339 e. The van der Waals surface area contributed by atoms with E-state index in [1.54, 1.807) is 39.8 Å². The Bertz CT molecular complexity index is 577. The van der Waals surface area contributed by atoms with Crippen LogP contribution in [0.3, 0.4) is 0 Å². The van der Waals surface area contributed by atoms with Crippen molar-refractivity contribution in [1.82, 2.24) is 9.80 Å². The third-order valence-electron chi connectivity index (χ3n) is 4.19. The molecule has 2 N–H and O–H groups in total. The molecular weight excluding hydrogens is 329 g/mol. The maximum absolute atomic E-state index is 13.6. The summed E-state index contributed by atoms with van der Waals surface area (Å²) in [4.78, 5) is 28.0. The topological polar surface area (TPSA) is 66.6 Å². The van der Waals surface area contributed by atoms with Crippen LogP contribution >= 0.6 is 11.8 Å². The Morgan fingerprint density at radius 2 is 1.83 bits per heavy atom. The Morgan fingerprint density at radius 3 is 2.46 bits per heavy atom. The minimum atomic E-state index is -0.474. The van der Waals surface area contributed by atoms with Crippen molar-refractivity contribution in [3.8, 4) is 0 Å². The van der Waals surface area contributed by atoms with Crippen LogP contribution in [0.25, 0.3) is 0 Å². The zero-order chi connectivity index (χ0) is 17.5. The predicted molar refractivity (Wildman–Crippen MR) is 94.2 cm³/mol. The van der Waals surface area contributed by atoms with E-state index in [1.165, 1.54) is 6.07 Å². The van der Waals surface area contributed by atoms with Crippen molar-refractivity contribution in [1.29, 1.82) is 0 Å². The second kappa shape index (κ2) is 9.03. The molecule has 0 unspecified atom stereocenters. The van der Waals surface area contributed by atoms with Crippen molar-refractivity contribution >= 4 is 23.6 Å². The van der Waals surface area contributed by atoms with E-state index < -0.39 is 6.04 Å². The molecule has 1 saturated heterocycles. The summed E-state index contributed by atoms with van der Waals surface area (Å²) < 4.78 is 13.6. The Morgan fingerprint density at radius 1 is 1.21 bits per heavy atom. The molecule has 1 aromatic rings. The van der Waals surface area contributed by atoms with Crippen LogP contribution in [-0.4, -0.2) is 65.8 Å². The maximum atomic E-state index is 13.6. The van der Waals surface area contributed by atoms with Gasteiger partial charge in [-0.25, -0.2) is 4.39 Å². The van der Waals surface area contributed by atoms with E-state index in [0.717, 1.165) is 5.75 Å². The Kier molecular flexibility index (Phi) is 7.05. The molecule has 0 bridgehead atoms. The molecule has 1 aromatic carbocycles. The standard InChI is InChI=1S/C17H24FN3O2S/c1-24-11-6-15(19)17(23)21-9-7-20(8-10-21)16(22)12-13-4-2-3-5-14(13)18/h2-5,15H,6-12,19H2,1H3/t15-/m0/s1. The summed E-state index contributed by atoms with van der Waals surface area (Å²) in [6, 6.07) is 5.83. The minimum absolute atomic E-state index is 0.0495. The van der Waals surface area contributed by atoms with Gasteiger partial charge in [-0.1, -0.05) is 18.2 Å². The zero-order valence-corrected chi connectivity index (χ0v) is 14.7. The van der Waals surface area contributed by atoms with Gasteiger partial charge in [0, 0.05) is 26.2 Å². The van der Waals surface area contributed by atoms with Crippen LogP contribution in [0.2, 0.25) is 0 Å². The van der Waals surface area contributed by atoms with E-state index >= 15 is 0 Å². The summed E-state index contributed by atoms with van der Waals surface area (Å²) in [5, 5.41) is 0. The van der Waals surface area contributed by atoms with Gasteiger partial charge in [-0.3, -0.25) is 9.59 Å². The number of hydrogen-bond donors (Lipinski definition) is 1. The molecule has 1 atom stereocenters. The van der Waals surface area contributed by atoms with E-state index in [-0.39, 0.29) is 24.1 Å². The fraction of sp³-hybridized carbons (Fsp3) is 0.529. The molecule has 0 radical (unpaired) electrons. The number of rotatable bonds is 6. The number of nitrogens with two attached hydrogens (primary N) is 1. The molecule has 1 aliphatic rings. The monoisotopic (exact) mass is 353 g/mol. The molecule has 1 aliphatic heterocycles. The molecule has 7 heteroatoms. The van der Waals surface area contributed by atoms with E-state index in [9.17, 15) is 14.0 Å². The molecule has 0 spiro atoms. The van der Waals surface area contributed by atoms with Crippen LogP contribution in [-0.2, 0) is 16.0 Å². The molecule has 2 amide bonds. The van der Waals surface area contributed by atoms with Gasteiger partial charge in [-0.2, -0.15) is 11.8 Å². The van der Waals surface area contributed by atoms with Crippen molar-refractivity contribution in [2.45, 2.75) is 18.9 Å². The lowest BCUT2D eigenvalue weighted by Crippen LogP contribution is -2.54. The maximum Gasteiger partial charge on any atom is 0.239 e. The second-order valence-electron chi connectivity index (χ2n) is 5.86. The van der Waals surface area contributed by atoms with Crippen LogP contribution in [0.1, 0.15) is 12.0 Å². The summed E-state index contributed by atoms with van der Waals surface area (Å²) in [7, 11) is 0. The highest BCUT2D eigenvalue weighted by Gasteiger charge is 2.27. The van der Waals surface area contributed by atoms with Crippen molar-refractivity contribution in [2.24, 2.45) is 5.73 Å². The molecule has 0 aliphatic carbocycles. The van der Waals surface area contributed by atoms with Crippen LogP contribution in [0.5, 0.6) is 0 Å². The lowest BCUT2D eigenvalue weighted by atomic mass is 10.1. The number of carbonyl (C=O) groups is 2. The van der Waals surface area contributed by atoms with Gasteiger partial charge in [0.05, 0.1) is 12.5 Å². The number of nitrogens with zero attached hydrogens (tertiary/aromatic N) is 2. The van der Waals surface area contributed by atoms with Crippen LogP contribution < -0.4 is 5.73 Å². The summed E-state index contributed by atoms with van der Waals surface area (Å²) in [6.45, 7) is 1.90. The van der Waals surface area contributed by atoms with Crippen LogP contribution in [0.15, 0.2) is 24.3 Å². The van der Waals surface area contributed by atoms with Gasteiger partial charge in [0.15, 0.2) is 0 Å². The first-order valence-corrected chi connectivity index (χ1v) is 9.46. The molecular formula is C17H24FN3O2S. The van der Waals surface area contributed by atoms with Crippen LogP contribution in [0.4, 0.5) is 4.39 Å². The van der Waals surface area contributed by atoms with E-state index in [2.05, 4.69) is 0 Å². The number of halogens is 1. The van der Waals surface area contributed by atoms with Crippen molar-refractivity contribution < 1.29 is 14.0 Å². The quantitative estimate of drug-likeness (QED) is 0.832. The Labute approximate surface area is 146 Å². The highest BCUT2D eigenvalue weighted by Crippen LogP contribution is 2.11. The highest BCUT2D eigenvalue weighted by atomic mass is 32.2. The normalized spacial score (nSPS) is 16.1. The fourth-order valence-corrected chi connectivity index (χ4v) is 3.19. The second-order valence-corrected chi connectivity index (χ2v) is 6.85. The summed E-state index contributed by atoms with van der Waals surface area (Å²) in [5.74, 6) is 0.331. The number of thioether (sulfide) groups is 1. The van der Waals surface area contributed by atoms with Crippen molar-refractivity contribution in [3.63, 3.8) is 0 Å². The molecule has 1 fully saturated rings. The molecule has 132 valence electrons. The first-order chi connectivity index (χ1) is 11.5. The summed E-state index contributed by atoms with van der Waals surface area (Å²) in [5.41, 5.74) is 6.32. The SMILES string of the molecule is CSCC[C@H](N)C(=O)N1CCN(C(=O)Cc2ccccc2F)CC1. The third-order valence-corrected chi connectivity index (χ3v) is 4.84. The number of benzene rings is 1. The lowest BCUT2D eigenvalue weighted by molar-refractivity contribution is -0.140. The minimum Gasteiger partial charge on any atom is -0.339 e. The number of hydrogen-bond acceptors (Lipinski definition) is 4. The van der Waals surface area contributed by atoms with E-state index in [4.69, 9.17) is 5.73 Å². The van der Waals surface area contributed by atoms with Crippen molar-refractivity contribution in [2.75, 3.05) is 38.2 Å².